The molecule has 8 heteroatoms. The molecule has 154 valence electrons. The van der Waals surface area contributed by atoms with Gasteiger partial charge in [0.15, 0.2) is 5.78 Å². The van der Waals surface area contributed by atoms with Crippen LogP contribution in [0.3, 0.4) is 0 Å². The van der Waals surface area contributed by atoms with Crippen LogP contribution in [0.2, 0.25) is 5.02 Å². The van der Waals surface area contributed by atoms with Crippen molar-refractivity contribution in [2.45, 2.75) is 6.42 Å². The fraction of sp³-hybridized carbons (Fsp3) is 0.0435. The molecule has 0 saturated carbocycles. The van der Waals surface area contributed by atoms with Gasteiger partial charge in [0.2, 0.25) is 5.91 Å². The lowest BCUT2D eigenvalue weighted by Crippen LogP contribution is -2.18. The van der Waals surface area contributed by atoms with E-state index >= 15 is 0 Å². The van der Waals surface area contributed by atoms with Crippen LogP contribution >= 0.6 is 11.6 Å². The molecule has 3 aromatic carbocycles. The van der Waals surface area contributed by atoms with E-state index in [1.807, 2.05) is 36.4 Å². The highest BCUT2D eigenvalue weighted by atomic mass is 35.5. The minimum atomic E-state index is -1.33. The van der Waals surface area contributed by atoms with Crippen molar-refractivity contribution in [2.75, 3.05) is 10.6 Å². The number of Topliss-reactive ketones (excluding diaryl/α,β-unsaturated/α-hetero) is 1. The molecule has 0 radical (unpaired) electrons. The van der Waals surface area contributed by atoms with E-state index in [0.717, 1.165) is 5.56 Å². The molecule has 2 amide bonds. The van der Waals surface area contributed by atoms with E-state index in [1.54, 1.807) is 18.2 Å². The topological polar surface area (TPSA) is 119 Å². The maximum Gasteiger partial charge on any atom is 0.409 e. The number of hydrogen-bond acceptors (Lipinski definition) is 4. The first-order valence-corrected chi connectivity index (χ1v) is 9.47. The molecule has 0 unspecified atom stereocenters. The molecule has 0 bridgehead atoms. The number of halogens is 1. The molecule has 7 nitrogen and oxygen atoms in total. The van der Waals surface area contributed by atoms with Crippen LogP contribution in [0.15, 0.2) is 66.7 Å². The van der Waals surface area contributed by atoms with Crippen LogP contribution in [0.5, 0.6) is 0 Å². The van der Waals surface area contributed by atoms with Gasteiger partial charge in [0, 0.05) is 11.1 Å². The molecule has 0 spiro atoms. The first-order valence-electron chi connectivity index (χ1n) is 9.09. The first kappa shape index (κ1) is 21.6. The second-order valence-corrected chi connectivity index (χ2v) is 6.92. The maximum absolute atomic E-state index is 12.5. The van der Waals surface area contributed by atoms with E-state index in [-0.39, 0.29) is 22.0 Å². The van der Waals surface area contributed by atoms with Crippen LogP contribution in [-0.2, 0) is 4.79 Å². The van der Waals surface area contributed by atoms with Crippen molar-refractivity contribution in [2.24, 2.45) is 0 Å². The Bertz CT molecular complexity index is 1200. The molecule has 0 aliphatic rings. The molecule has 3 aromatic rings. The molecule has 0 fully saturated rings. The Hall–Kier alpha value is -4.15. The smallest absolute Gasteiger partial charge is 0.409 e. The Morgan fingerprint density at radius 1 is 0.935 bits per heavy atom. The zero-order chi connectivity index (χ0) is 22.4. The average Bonchev–Trinajstić information content (AvgIpc) is 2.75. The van der Waals surface area contributed by atoms with Crippen molar-refractivity contribution in [3.63, 3.8) is 0 Å². The monoisotopic (exact) mass is 433 g/mol. The van der Waals surface area contributed by atoms with Gasteiger partial charge in [-0.25, -0.2) is 4.79 Å². The van der Waals surface area contributed by atoms with Gasteiger partial charge in [0.05, 0.1) is 34.5 Å². The highest BCUT2D eigenvalue weighted by Crippen LogP contribution is 2.36. The molecule has 0 aliphatic heterocycles. The van der Waals surface area contributed by atoms with E-state index in [4.69, 9.17) is 22.0 Å². The molecule has 3 rings (SSSR count). The Morgan fingerprint density at radius 2 is 1.65 bits per heavy atom. The average molecular weight is 434 g/mol. The van der Waals surface area contributed by atoms with E-state index in [1.165, 1.54) is 18.2 Å². The predicted molar refractivity (Wildman–Crippen MR) is 117 cm³/mol. The van der Waals surface area contributed by atoms with Crippen LogP contribution in [0.4, 0.5) is 16.2 Å². The summed E-state index contributed by atoms with van der Waals surface area (Å²) in [6.07, 6.45) is -1.81. The van der Waals surface area contributed by atoms with Crippen molar-refractivity contribution >= 4 is 40.8 Å². The summed E-state index contributed by atoms with van der Waals surface area (Å²) in [6.45, 7) is 0. The number of nitrogens with one attached hydrogen (secondary N) is 2. The largest absolute Gasteiger partial charge is 0.465 e. The number of ketones is 1. The van der Waals surface area contributed by atoms with Crippen molar-refractivity contribution < 1.29 is 19.5 Å². The second-order valence-electron chi connectivity index (χ2n) is 6.51. The standard InChI is InChI=1S/C23H16ClN3O4/c24-18-11-20(27-23(30)31)19(10-17(18)15-6-2-1-3-7-15)26-22(29)12-21(28)16-8-4-5-14(9-16)13-25/h1-11,27H,12H2,(H,26,29)(H,30,31). The van der Waals surface area contributed by atoms with Crippen molar-refractivity contribution in [1.82, 2.24) is 0 Å². The quantitative estimate of drug-likeness (QED) is 0.365. The third-order valence-electron chi connectivity index (χ3n) is 4.34. The molecule has 3 N–H and O–H groups in total. The van der Waals surface area contributed by atoms with Crippen molar-refractivity contribution in [1.29, 1.82) is 5.26 Å². The predicted octanol–water partition coefficient (Wildman–Crippen LogP) is 5.18. The maximum atomic E-state index is 12.5. The second kappa shape index (κ2) is 9.57. The number of amides is 2. The number of benzene rings is 3. The summed E-state index contributed by atoms with van der Waals surface area (Å²) >= 11 is 6.32. The fourth-order valence-electron chi connectivity index (χ4n) is 2.94. The van der Waals surface area contributed by atoms with Crippen LogP contribution in [0, 0.1) is 11.3 Å². The summed E-state index contributed by atoms with van der Waals surface area (Å²) < 4.78 is 0. The van der Waals surface area contributed by atoms with Gasteiger partial charge in [-0.1, -0.05) is 54.1 Å². The van der Waals surface area contributed by atoms with E-state index in [9.17, 15) is 14.4 Å². The number of nitriles is 1. The van der Waals surface area contributed by atoms with Gasteiger partial charge in [-0.3, -0.25) is 14.9 Å². The summed E-state index contributed by atoms with van der Waals surface area (Å²) in [6, 6.07) is 20.0. The van der Waals surface area contributed by atoms with Crippen LogP contribution in [-0.4, -0.2) is 22.9 Å². The Morgan fingerprint density at radius 3 is 2.32 bits per heavy atom. The Kier molecular flexibility index (Phi) is 6.65. The summed E-state index contributed by atoms with van der Waals surface area (Å²) in [7, 11) is 0. The Labute approximate surface area is 182 Å². The number of carbonyl (C=O) groups excluding carboxylic acids is 2. The third kappa shape index (κ3) is 5.47. The molecule has 0 aromatic heterocycles. The minimum absolute atomic E-state index is 0.0736. The number of carboxylic acid groups (broad SMARTS) is 1. The van der Waals surface area contributed by atoms with Gasteiger partial charge in [0.25, 0.3) is 0 Å². The first-order chi connectivity index (χ1) is 14.9. The number of rotatable bonds is 6. The van der Waals surface area contributed by atoms with Crippen molar-refractivity contribution in [3.8, 4) is 17.2 Å². The lowest BCUT2D eigenvalue weighted by Gasteiger charge is -2.15. The van der Waals surface area contributed by atoms with Crippen LogP contribution in [0.25, 0.3) is 11.1 Å². The third-order valence-corrected chi connectivity index (χ3v) is 4.66. The fourth-order valence-corrected chi connectivity index (χ4v) is 3.21. The Balaban J connectivity index is 1.87. The minimum Gasteiger partial charge on any atom is -0.465 e. The zero-order valence-electron chi connectivity index (χ0n) is 16.1. The molecular weight excluding hydrogens is 418 g/mol. The zero-order valence-corrected chi connectivity index (χ0v) is 16.8. The molecule has 0 saturated heterocycles. The van der Waals surface area contributed by atoms with Gasteiger partial charge < -0.3 is 10.4 Å². The van der Waals surface area contributed by atoms with Crippen LogP contribution < -0.4 is 10.6 Å². The van der Waals surface area contributed by atoms with Gasteiger partial charge in [-0.05, 0) is 29.8 Å². The lowest BCUT2D eigenvalue weighted by atomic mass is 10.0. The molecule has 31 heavy (non-hydrogen) atoms. The molecular formula is C23H16ClN3O4. The van der Waals surface area contributed by atoms with Gasteiger partial charge in [0.1, 0.15) is 0 Å². The molecule has 0 heterocycles. The molecule has 0 atom stereocenters. The van der Waals surface area contributed by atoms with Crippen molar-refractivity contribution in [3.05, 3.63) is 82.9 Å². The summed E-state index contributed by atoms with van der Waals surface area (Å²) in [5.41, 5.74) is 2.14. The molecule has 0 aliphatic carbocycles. The van der Waals surface area contributed by atoms with Crippen LogP contribution in [0.1, 0.15) is 22.3 Å². The number of carbonyl (C=O) groups is 3. The van der Waals surface area contributed by atoms with Gasteiger partial charge in [-0.2, -0.15) is 5.26 Å². The normalized spacial score (nSPS) is 10.1. The van der Waals surface area contributed by atoms with E-state index in [0.29, 0.717) is 11.1 Å². The van der Waals surface area contributed by atoms with E-state index in [2.05, 4.69) is 10.6 Å². The summed E-state index contributed by atoms with van der Waals surface area (Å²) in [5, 5.41) is 23.1. The summed E-state index contributed by atoms with van der Waals surface area (Å²) in [5.74, 6) is -1.11. The summed E-state index contributed by atoms with van der Waals surface area (Å²) in [4.78, 5) is 36.1. The lowest BCUT2D eigenvalue weighted by molar-refractivity contribution is -0.115. The van der Waals surface area contributed by atoms with Gasteiger partial charge in [-0.15, -0.1) is 0 Å². The highest BCUT2D eigenvalue weighted by molar-refractivity contribution is 6.34. The number of anilines is 2. The number of nitrogens with zero attached hydrogens (tertiary/aromatic N) is 1. The highest BCUT2D eigenvalue weighted by Gasteiger charge is 2.17. The SMILES string of the molecule is N#Cc1cccc(C(=O)CC(=O)Nc2cc(-c3ccccc3)c(Cl)cc2NC(=O)O)c1. The van der Waals surface area contributed by atoms with Gasteiger partial charge >= 0.3 is 6.09 Å². The number of hydrogen-bond donors (Lipinski definition) is 3. The van der Waals surface area contributed by atoms with E-state index < -0.39 is 24.2 Å².